The Hall–Kier alpha value is -1.69. The maximum Gasteiger partial charge on any atom is 0.233 e. The first kappa shape index (κ1) is 15.4. The molecule has 3 N–H and O–H groups in total. The summed E-state index contributed by atoms with van der Waals surface area (Å²) in [5.41, 5.74) is 5.45. The predicted molar refractivity (Wildman–Crippen MR) is 77.4 cm³/mol. The first-order chi connectivity index (χ1) is 9.17. The molecule has 0 saturated heterocycles. The molecule has 0 spiro atoms. The van der Waals surface area contributed by atoms with E-state index in [1.807, 2.05) is 37.3 Å². The molecule has 1 aromatic rings. The fourth-order valence-corrected chi connectivity index (χ4v) is 2.36. The number of hydrogen-bond acceptors (Lipinski definition) is 4. The Morgan fingerprint density at radius 2 is 2.11 bits per heavy atom. The van der Waals surface area contributed by atoms with Crippen molar-refractivity contribution in [3.63, 3.8) is 0 Å². The summed E-state index contributed by atoms with van der Waals surface area (Å²) in [6.07, 6.45) is 0.834. The Morgan fingerprint density at radius 1 is 1.42 bits per heavy atom. The molecule has 0 fully saturated rings. The Morgan fingerprint density at radius 3 is 2.68 bits per heavy atom. The summed E-state index contributed by atoms with van der Waals surface area (Å²) < 4.78 is 0. The van der Waals surface area contributed by atoms with Gasteiger partial charge in [0.2, 0.25) is 5.91 Å². The van der Waals surface area contributed by atoms with E-state index in [4.69, 9.17) is 10.9 Å². The van der Waals surface area contributed by atoms with E-state index >= 15 is 0 Å². The maximum atomic E-state index is 12.1. The van der Waals surface area contributed by atoms with E-state index < -0.39 is 0 Å². The number of hydrogen-bond donors (Lipinski definition) is 2. The quantitative estimate of drug-likeness (QED) is 0.262. The van der Waals surface area contributed by atoms with Crippen LogP contribution >= 0.6 is 11.8 Å². The maximum absolute atomic E-state index is 12.1. The van der Waals surface area contributed by atoms with Crippen LogP contribution in [0.1, 0.15) is 13.3 Å². The molecule has 5 nitrogen and oxygen atoms in total. The van der Waals surface area contributed by atoms with Gasteiger partial charge in [-0.05, 0) is 18.6 Å². The number of amidine groups is 1. The van der Waals surface area contributed by atoms with Crippen LogP contribution in [0.3, 0.4) is 0 Å². The van der Waals surface area contributed by atoms with Crippen molar-refractivity contribution in [1.29, 1.82) is 0 Å². The number of nitrogens with two attached hydrogens (primary N) is 1. The minimum atomic E-state index is -0.0118. The van der Waals surface area contributed by atoms with Crippen molar-refractivity contribution in [3.8, 4) is 0 Å². The van der Waals surface area contributed by atoms with Crippen LogP contribution in [0.25, 0.3) is 0 Å². The SMILES string of the molecule is CCCN(CC(N)=NO)C(=O)CSc1ccccc1. The Balaban J connectivity index is 2.52. The number of benzene rings is 1. The largest absolute Gasteiger partial charge is 0.409 e. The number of nitrogens with zero attached hydrogens (tertiary/aromatic N) is 2. The number of carbonyl (C=O) groups is 1. The lowest BCUT2D eigenvalue weighted by Gasteiger charge is -2.21. The summed E-state index contributed by atoms with van der Waals surface area (Å²) in [6.45, 7) is 2.75. The lowest BCUT2D eigenvalue weighted by molar-refractivity contribution is -0.127. The minimum Gasteiger partial charge on any atom is -0.409 e. The van der Waals surface area contributed by atoms with Gasteiger partial charge in [-0.2, -0.15) is 0 Å². The Kier molecular flexibility index (Phi) is 6.81. The molecule has 1 rings (SSSR count). The minimum absolute atomic E-state index is 0.0118. The van der Waals surface area contributed by atoms with Crippen LogP contribution in [0.2, 0.25) is 0 Å². The van der Waals surface area contributed by atoms with Crippen LogP contribution in [-0.4, -0.2) is 40.7 Å². The van der Waals surface area contributed by atoms with Crippen molar-refractivity contribution in [2.75, 3.05) is 18.8 Å². The average molecular weight is 281 g/mol. The molecule has 0 saturated carbocycles. The highest BCUT2D eigenvalue weighted by atomic mass is 32.2. The van der Waals surface area contributed by atoms with Crippen LogP contribution in [-0.2, 0) is 4.79 Å². The highest BCUT2D eigenvalue weighted by molar-refractivity contribution is 8.00. The zero-order valence-electron chi connectivity index (χ0n) is 11.0. The second-order valence-electron chi connectivity index (χ2n) is 4.01. The number of carbonyl (C=O) groups excluding carboxylic acids is 1. The number of oxime groups is 1. The van der Waals surface area contributed by atoms with Gasteiger partial charge in [0, 0.05) is 11.4 Å². The lowest BCUT2D eigenvalue weighted by atomic mass is 10.4. The molecule has 0 aliphatic rings. The van der Waals surface area contributed by atoms with Crippen molar-refractivity contribution in [3.05, 3.63) is 30.3 Å². The van der Waals surface area contributed by atoms with Crippen LogP contribution in [0.5, 0.6) is 0 Å². The molecule has 104 valence electrons. The van der Waals surface area contributed by atoms with Crippen molar-refractivity contribution in [1.82, 2.24) is 4.90 Å². The second-order valence-corrected chi connectivity index (χ2v) is 5.06. The highest BCUT2D eigenvalue weighted by Gasteiger charge is 2.14. The van der Waals surface area contributed by atoms with Crippen molar-refractivity contribution >= 4 is 23.5 Å². The van der Waals surface area contributed by atoms with Gasteiger partial charge in [0.15, 0.2) is 5.84 Å². The van der Waals surface area contributed by atoms with Crippen molar-refractivity contribution in [2.24, 2.45) is 10.9 Å². The zero-order chi connectivity index (χ0) is 14.1. The van der Waals surface area contributed by atoms with E-state index in [0.717, 1.165) is 11.3 Å². The van der Waals surface area contributed by atoms with E-state index in [2.05, 4.69) is 5.16 Å². The van der Waals surface area contributed by atoms with Crippen LogP contribution in [0.15, 0.2) is 40.4 Å². The van der Waals surface area contributed by atoms with Gasteiger partial charge in [-0.15, -0.1) is 11.8 Å². The number of amides is 1. The van der Waals surface area contributed by atoms with Gasteiger partial charge in [-0.25, -0.2) is 0 Å². The van der Waals surface area contributed by atoms with Crippen LogP contribution in [0, 0.1) is 0 Å². The lowest BCUT2D eigenvalue weighted by Crippen LogP contribution is -2.40. The van der Waals surface area contributed by atoms with E-state index in [-0.39, 0.29) is 18.3 Å². The topological polar surface area (TPSA) is 78.9 Å². The summed E-state index contributed by atoms with van der Waals surface area (Å²) in [7, 11) is 0. The smallest absolute Gasteiger partial charge is 0.233 e. The van der Waals surface area contributed by atoms with Gasteiger partial charge in [0.05, 0.1) is 12.3 Å². The van der Waals surface area contributed by atoms with Crippen LogP contribution < -0.4 is 5.73 Å². The molecular formula is C13H19N3O2S. The normalized spacial score (nSPS) is 11.3. The third kappa shape index (κ3) is 5.65. The van der Waals surface area contributed by atoms with E-state index in [9.17, 15) is 4.79 Å². The molecule has 0 radical (unpaired) electrons. The fourth-order valence-electron chi connectivity index (χ4n) is 1.54. The van der Waals surface area contributed by atoms with Gasteiger partial charge in [-0.1, -0.05) is 30.3 Å². The first-order valence-corrected chi connectivity index (χ1v) is 7.08. The molecule has 0 unspecified atom stereocenters. The van der Waals surface area contributed by atoms with Gasteiger partial charge >= 0.3 is 0 Å². The summed E-state index contributed by atoms with van der Waals surface area (Å²) in [5, 5.41) is 11.5. The summed E-state index contributed by atoms with van der Waals surface area (Å²) >= 11 is 1.48. The fraction of sp³-hybridized carbons (Fsp3) is 0.385. The molecule has 1 aromatic carbocycles. The summed E-state index contributed by atoms with van der Waals surface area (Å²) in [6, 6.07) is 9.74. The molecule has 1 amide bonds. The molecule has 0 aliphatic heterocycles. The van der Waals surface area contributed by atoms with Crippen molar-refractivity contribution in [2.45, 2.75) is 18.2 Å². The standard InChI is InChI=1S/C13H19N3O2S/c1-2-8-16(9-12(14)15-18)13(17)10-19-11-6-4-3-5-7-11/h3-7,18H,2,8-10H2,1H3,(H2,14,15). The zero-order valence-corrected chi connectivity index (χ0v) is 11.8. The van der Waals surface area contributed by atoms with E-state index in [1.54, 1.807) is 4.90 Å². The molecule has 0 heterocycles. The van der Waals surface area contributed by atoms with Crippen molar-refractivity contribution < 1.29 is 10.0 Å². The Labute approximate surface area is 117 Å². The molecule has 19 heavy (non-hydrogen) atoms. The van der Waals surface area contributed by atoms with E-state index in [0.29, 0.717) is 12.3 Å². The predicted octanol–water partition coefficient (Wildman–Crippen LogP) is 1.76. The summed E-state index contributed by atoms with van der Waals surface area (Å²) in [5.74, 6) is 0.386. The van der Waals surface area contributed by atoms with Crippen LogP contribution in [0.4, 0.5) is 0 Å². The van der Waals surface area contributed by atoms with Gasteiger partial charge < -0.3 is 15.8 Å². The molecule has 0 aromatic heterocycles. The third-order valence-corrected chi connectivity index (χ3v) is 3.43. The van der Waals surface area contributed by atoms with Gasteiger partial charge in [0.1, 0.15) is 0 Å². The Bertz CT molecular complexity index is 423. The number of thioether (sulfide) groups is 1. The van der Waals surface area contributed by atoms with Gasteiger partial charge in [0.25, 0.3) is 0 Å². The first-order valence-electron chi connectivity index (χ1n) is 6.09. The summed E-state index contributed by atoms with van der Waals surface area (Å²) in [4.78, 5) is 14.7. The average Bonchev–Trinajstić information content (AvgIpc) is 2.45. The van der Waals surface area contributed by atoms with Gasteiger partial charge in [-0.3, -0.25) is 4.79 Å². The highest BCUT2D eigenvalue weighted by Crippen LogP contribution is 2.17. The third-order valence-electron chi connectivity index (χ3n) is 2.43. The molecular weight excluding hydrogens is 262 g/mol. The molecule has 0 aliphatic carbocycles. The number of rotatable bonds is 7. The molecule has 0 atom stereocenters. The molecule has 6 heteroatoms. The molecule has 0 bridgehead atoms. The monoisotopic (exact) mass is 281 g/mol. The van der Waals surface area contributed by atoms with E-state index in [1.165, 1.54) is 11.8 Å². The second kappa shape index (κ2) is 8.42.